The highest BCUT2D eigenvalue weighted by Gasteiger charge is 2.26. The molecular weight excluding hydrogens is 536 g/mol. The molecule has 0 aliphatic heterocycles. The fourth-order valence-corrected chi connectivity index (χ4v) is 5.78. The molecule has 3 aromatic rings. The van der Waals surface area contributed by atoms with Gasteiger partial charge in [-0.3, -0.25) is 9.52 Å². The van der Waals surface area contributed by atoms with Crippen LogP contribution in [0.1, 0.15) is 25.6 Å². The molecule has 10 nitrogen and oxygen atoms in total. The molecule has 1 aromatic heterocycles. The summed E-state index contributed by atoms with van der Waals surface area (Å²) in [5.74, 6) is -0.240. The van der Waals surface area contributed by atoms with Crippen LogP contribution in [0.4, 0.5) is 16.4 Å². The maximum Gasteiger partial charge on any atom is 0.341 e. The van der Waals surface area contributed by atoms with Crippen LogP contribution in [-0.2, 0) is 14.8 Å². The molecule has 0 saturated heterocycles. The summed E-state index contributed by atoms with van der Waals surface area (Å²) >= 11 is 6.47. The second-order valence-electron chi connectivity index (χ2n) is 7.89. The minimum Gasteiger partial charge on any atom is -0.497 e. The summed E-state index contributed by atoms with van der Waals surface area (Å²) in [6, 6.07) is 12.5. The monoisotopic (exact) mass is 562 g/mol. The van der Waals surface area contributed by atoms with Gasteiger partial charge in [-0.2, -0.15) is 0 Å². The zero-order valence-corrected chi connectivity index (χ0v) is 23.2. The van der Waals surface area contributed by atoms with Gasteiger partial charge in [-0.05, 0) is 73.2 Å². The number of hydrogen-bond acceptors (Lipinski definition) is 8. The maximum absolute atomic E-state index is 12.7. The smallest absolute Gasteiger partial charge is 0.341 e. The second-order valence-corrected chi connectivity index (χ2v) is 11.0. The molecule has 3 rings (SSSR count). The number of rotatable bonds is 8. The maximum atomic E-state index is 12.7. The zero-order valence-electron chi connectivity index (χ0n) is 20.7. The van der Waals surface area contributed by atoms with Gasteiger partial charge >= 0.3 is 5.97 Å². The summed E-state index contributed by atoms with van der Waals surface area (Å²) < 4.78 is 37.9. The normalized spacial score (nSPS) is 10.8. The number of nitrogens with zero attached hydrogens (tertiary/aromatic N) is 1. The number of thiocarbonyl (C=S) groups is 1. The third-order valence-electron chi connectivity index (χ3n) is 5.13. The largest absolute Gasteiger partial charge is 0.497 e. The first-order valence-corrected chi connectivity index (χ1v) is 13.5. The molecule has 1 amide bonds. The van der Waals surface area contributed by atoms with Crippen molar-refractivity contribution in [3.63, 3.8) is 0 Å². The van der Waals surface area contributed by atoms with E-state index in [2.05, 4.69) is 15.4 Å². The Bertz CT molecular complexity index is 1420. The lowest BCUT2D eigenvalue weighted by Gasteiger charge is -2.12. The highest BCUT2D eigenvalue weighted by atomic mass is 32.2. The highest BCUT2D eigenvalue weighted by Crippen LogP contribution is 2.34. The molecule has 1 heterocycles. The first-order chi connectivity index (χ1) is 17.5. The number of methoxy groups -OCH3 is 2. The number of carbonyl (C=O) groups excluding carboxylic acids is 2. The Balaban J connectivity index is 1.74. The van der Waals surface area contributed by atoms with Crippen LogP contribution in [0.15, 0.2) is 53.4 Å². The third kappa shape index (κ3) is 6.56. The third-order valence-corrected chi connectivity index (χ3v) is 7.93. The number of carbonyl (C=O) groups is 2. The Morgan fingerprint density at radius 2 is 1.54 bits per heavy atom. The van der Waals surface area contributed by atoms with E-state index in [9.17, 15) is 18.0 Å². The van der Waals surface area contributed by atoms with Gasteiger partial charge in [0.15, 0.2) is 5.11 Å². The number of esters is 1. The Kier molecular flexibility index (Phi) is 8.73. The lowest BCUT2D eigenvalue weighted by molar-refractivity contribution is 0.0601. The molecular formula is C24H26N4O6S3. The predicted octanol–water partition coefficient (Wildman–Crippen LogP) is 4.16. The van der Waals surface area contributed by atoms with E-state index in [-0.39, 0.29) is 21.5 Å². The molecule has 196 valence electrons. The van der Waals surface area contributed by atoms with E-state index in [0.717, 1.165) is 11.3 Å². The predicted molar refractivity (Wildman–Crippen MR) is 149 cm³/mol. The Labute approximate surface area is 224 Å². The number of nitrogens with one attached hydrogen (secondary N) is 3. The molecule has 37 heavy (non-hydrogen) atoms. The molecule has 3 N–H and O–H groups in total. The molecule has 0 bridgehead atoms. The number of anilines is 3. The summed E-state index contributed by atoms with van der Waals surface area (Å²) in [4.78, 5) is 26.8. The van der Waals surface area contributed by atoms with E-state index >= 15 is 0 Å². The zero-order chi connectivity index (χ0) is 27.3. The van der Waals surface area contributed by atoms with E-state index in [4.69, 9.17) is 21.7 Å². The number of sulfonamides is 1. The van der Waals surface area contributed by atoms with Crippen molar-refractivity contribution in [1.29, 1.82) is 0 Å². The van der Waals surface area contributed by atoms with Gasteiger partial charge < -0.3 is 25.0 Å². The van der Waals surface area contributed by atoms with E-state index in [1.807, 2.05) is 0 Å². The van der Waals surface area contributed by atoms with Crippen LogP contribution >= 0.6 is 23.6 Å². The van der Waals surface area contributed by atoms with Crippen molar-refractivity contribution in [2.45, 2.75) is 11.8 Å². The summed E-state index contributed by atoms with van der Waals surface area (Å²) in [7, 11) is 2.21. The Morgan fingerprint density at radius 1 is 0.946 bits per heavy atom. The van der Waals surface area contributed by atoms with Crippen LogP contribution in [0.2, 0.25) is 0 Å². The number of hydrogen-bond donors (Lipinski definition) is 3. The lowest BCUT2D eigenvalue weighted by Crippen LogP contribution is -2.21. The fourth-order valence-electron chi connectivity index (χ4n) is 3.21. The van der Waals surface area contributed by atoms with Crippen molar-refractivity contribution >= 4 is 66.9 Å². The van der Waals surface area contributed by atoms with Gasteiger partial charge in [0, 0.05) is 25.5 Å². The molecule has 0 aliphatic rings. The topological polar surface area (TPSA) is 126 Å². The average Bonchev–Trinajstić information content (AvgIpc) is 3.18. The van der Waals surface area contributed by atoms with Crippen molar-refractivity contribution in [2.75, 3.05) is 43.7 Å². The summed E-state index contributed by atoms with van der Waals surface area (Å²) in [5.41, 5.74) is 1.61. The standard InChI is InChI=1S/C24H26N4O6S3/c1-14-19(23(30)34-5)21(36-20(14)22(29)28(2)3)26-24(35)25-15-8-12-18(13-9-15)37(31,32)27-16-6-10-17(33-4)11-7-16/h6-13,27H,1-5H3,(H2,25,26,35). The Morgan fingerprint density at radius 3 is 2.08 bits per heavy atom. The van der Waals surface area contributed by atoms with Gasteiger partial charge in [0.05, 0.1) is 29.6 Å². The highest BCUT2D eigenvalue weighted by molar-refractivity contribution is 7.92. The Hall–Kier alpha value is -3.68. The van der Waals surface area contributed by atoms with Crippen molar-refractivity contribution < 1.29 is 27.5 Å². The second kappa shape index (κ2) is 11.6. The van der Waals surface area contributed by atoms with Crippen molar-refractivity contribution in [3.05, 3.63) is 64.5 Å². The van der Waals surface area contributed by atoms with Crippen LogP contribution in [0.25, 0.3) is 0 Å². The van der Waals surface area contributed by atoms with Crippen LogP contribution in [-0.4, -0.2) is 58.6 Å². The first kappa shape index (κ1) is 27.9. The van der Waals surface area contributed by atoms with Gasteiger partial charge in [0.1, 0.15) is 10.8 Å². The summed E-state index contributed by atoms with van der Waals surface area (Å²) in [5, 5.41) is 6.39. The van der Waals surface area contributed by atoms with Gasteiger partial charge in [0.2, 0.25) is 0 Å². The SMILES string of the molecule is COC(=O)c1c(NC(=S)Nc2ccc(S(=O)(=O)Nc3ccc(OC)cc3)cc2)sc(C(=O)N(C)C)c1C. The van der Waals surface area contributed by atoms with E-state index in [0.29, 0.717) is 32.6 Å². The van der Waals surface area contributed by atoms with Crippen molar-refractivity contribution in [2.24, 2.45) is 0 Å². The summed E-state index contributed by atoms with van der Waals surface area (Å²) in [6.45, 7) is 1.67. The molecule has 13 heteroatoms. The number of thiophene rings is 1. The number of benzene rings is 2. The van der Waals surface area contributed by atoms with Crippen LogP contribution < -0.4 is 20.1 Å². The molecule has 0 saturated carbocycles. The molecule has 0 spiro atoms. The fraction of sp³-hybridized carbons (Fsp3) is 0.208. The molecule has 0 radical (unpaired) electrons. The van der Waals surface area contributed by atoms with Gasteiger partial charge in [0.25, 0.3) is 15.9 Å². The molecule has 0 fully saturated rings. The van der Waals surface area contributed by atoms with Crippen molar-refractivity contribution in [3.8, 4) is 5.75 Å². The van der Waals surface area contributed by atoms with E-state index in [1.54, 1.807) is 57.4 Å². The van der Waals surface area contributed by atoms with Crippen LogP contribution in [0, 0.1) is 6.92 Å². The van der Waals surface area contributed by atoms with Gasteiger partial charge in [-0.25, -0.2) is 13.2 Å². The lowest BCUT2D eigenvalue weighted by atomic mass is 10.1. The van der Waals surface area contributed by atoms with E-state index in [1.165, 1.54) is 31.3 Å². The molecule has 0 aliphatic carbocycles. The van der Waals surface area contributed by atoms with Crippen molar-refractivity contribution in [1.82, 2.24) is 4.90 Å². The summed E-state index contributed by atoms with van der Waals surface area (Å²) in [6.07, 6.45) is 0. The van der Waals surface area contributed by atoms with Crippen LogP contribution in [0.5, 0.6) is 5.75 Å². The minimum absolute atomic E-state index is 0.0569. The molecule has 0 unspecified atom stereocenters. The van der Waals surface area contributed by atoms with Gasteiger partial charge in [-0.15, -0.1) is 11.3 Å². The van der Waals surface area contributed by atoms with E-state index < -0.39 is 16.0 Å². The first-order valence-electron chi connectivity index (χ1n) is 10.7. The quantitative estimate of drug-likeness (QED) is 0.274. The minimum atomic E-state index is -3.81. The average molecular weight is 563 g/mol. The number of ether oxygens (including phenoxy) is 2. The molecule has 0 atom stereocenters. The van der Waals surface area contributed by atoms with Crippen LogP contribution in [0.3, 0.4) is 0 Å². The number of amides is 1. The van der Waals surface area contributed by atoms with Gasteiger partial charge in [-0.1, -0.05) is 0 Å². The molecule has 2 aromatic carbocycles.